The first-order valence-corrected chi connectivity index (χ1v) is 7.66. The zero-order chi connectivity index (χ0) is 11.8. The second-order valence-corrected chi connectivity index (χ2v) is 6.52. The van der Waals surface area contributed by atoms with E-state index < -0.39 is 0 Å². The summed E-state index contributed by atoms with van der Waals surface area (Å²) in [5.74, 6) is 0. The molecule has 94 valence electrons. The number of nitrogens with one attached hydrogen (secondary N) is 1. The summed E-state index contributed by atoms with van der Waals surface area (Å²) in [6, 6.07) is 4.37. The summed E-state index contributed by atoms with van der Waals surface area (Å²) < 4.78 is 0. The van der Waals surface area contributed by atoms with Crippen LogP contribution in [0.25, 0.3) is 0 Å². The minimum Gasteiger partial charge on any atom is -0.305 e. The van der Waals surface area contributed by atoms with Crippen LogP contribution in [-0.2, 0) is 0 Å². The maximum Gasteiger partial charge on any atom is 0.0391 e. The first kappa shape index (κ1) is 11.7. The van der Waals surface area contributed by atoms with Crippen molar-refractivity contribution in [2.45, 2.75) is 51.2 Å². The van der Waals surface area contributed by atoms with Gasteiger partial charge in [0, 0.05) is 36.1 Å². The SMILES string of the molecule is Cc1ccsc1C(C)NC1CCN(C2CC2)C1. The van der Waals surface area contributed by atoms with Crippen molar-refractivity contribution < 1.29 is 0 Å². The van der Waals surface area contributed by atoms with Crippen molar-refractivity contribution >= 4 is 11.3 Å². The Balaban J connectivity index is 1.55. The maximum atomic E-state index is 3.80. The molecule has 2 nitrogen and oxygen atoms in total. The fourth-order valence-electron chi connectivity index (χ4n) is 2.95. The van der Waals surface area contributed by atoms with E-state index in [0.717, 1.165) is 6.04 Å². The van der Waals surface area contributed by atoms with Gasteiger partial charge in [0.1, 0.15) is 0 Å². The van der Waals surface area contributed by atoms with Crippen LogP contribution in [0, 0.1) is 6.92 Å². The van der Waals surface area contributed by atoms with Gasteiger partial charge in [0.25, 0.3) is 0 Å². The van der Waals surface area contributed by atoms with Gasteiger partial charge in [-0.1, -0.05) is 0 Å². The number of hydrogen-bond acceptors (Lipinski definition) is 3. The lowest BCUT2D eigenvalue weighted by molar-refractivity contribution is 0.314. The second kappa shape index (κ2) is 4.71. The van der Waals surface area contributed by atoms with Crippen molar-refractivity contribution in [1.29, 1.82) is 0 Å². The molecule has 0 amide bonds. The van der Waals surface area contributed by atoms with Crippen LogP contribution in [-0.4, -0.2) is 30.1 Å². The van der Waals surface area contributed by atoms with Gasteiger partial charge in [-0.05, 0) is 50.1 Å². The van der Waals surface area contributed by atoms with E-state index in [-0.39, 0.29) is 0 Å². The van der Waals surface area contributed by atoms with E-state index in [4.69, 9.17) is 0 Å². The van der Waals surface area contributed by atoms with Crippen LogP contribution in [0.15, 0.2) is 11.4 Å². The molecule has 1 aliphatic heterocycles. The van der Waals surface area contributed by atoms with Gasteiger partial charge in [-0.3, -0.25) is 4.90 Å². The van der Waals surface area contributed by atoms with Crippen LogP contribution in [0.1, 0.15) is 42.7 Å². The molecule has 17 heavy (non-hydrogen) atoms. The minimum absolute atomic E-state index is 0.513. The Labute approximate surface area is 108 Å². The van der Waals surface area contributed by atoms with E-state index in [1.807, 2.05) is 11.3 Å². The molecule has 3 rings (SSSR count). The lowest BCUT2D eigenvalue weighted by atomic mass is 10.1. The third-order valence-corrected chi connectivity index (χ3v) is 5.27. The van der Waals surface area contributed by atoms with Crippen molar-refractivity contribution in [3.8, 4) is 0 Å². The van der Waals surface area contributed by atoms with Crippen LogP contribution in [0.4, 0.5) is 0 Å². The molecule has 1 saturated carbocycles. The molecule has 2 fully saturated rings. The highest BCUT2D eigenvalue weighted by molar-refractivity contribution is 7.10. The number of nitrogens with zero attached hydrogens (tertiary/aromatic N) is 1. The molecule has 3 heteroatoms. The molecular formula is C14H22N2S. The highest BCUT2D eigenvalue weighted by Crippen LogP contribution is 2.31. The molecule has 1 aromatic heterocycles. The van der Waals surface area contributed by atoms with E-state index in [1.165, 1.54) is 42.8 Å². The summed E-state index contributed by atoms with van der Waals surface area (Å²) in [7, 11) is 0. The molecule has 0 bridgehead atoms. The van der Waals surface area contributed by atoms with E-state index >= 15 is 0 Å². The van der Waals surface area contributed by atoms with Crippen molar-refractivity contribution in [1.82, 2.24) is 10.2 Å². The van der Waals surface area contributed by atoms with Crippen molar-refractivity contribution in [3.63, 3.8) is 0 Å². The first-order valence-electron chi connectivity index (χ1n) is 6.78. The summed E-state index contributed by atoms with van der Waals surface area (Å²) >= 11 is 1.88. The Morgan fingerprint density at radius 3 is 2.88 bits per heavy atom. The fourth-order valence-corrected chi connectivity index (χ4v) is 3.90. The quantitative estimate of drug-likeness (QED) is 0.884. The normalized spacial score (nSPS) is 27.5. The summed E-state index contributed by atoms with van der Waals surface area (Å²) in [6.07, 6.45) is 4.20. The highest BCUT2D eigenvalue weighted by Gasteiger charge is 2.34. The number of rotatable bonds is 4. The Kier molecular flexibility index (Phi) is 3.24. The monoisotopic (exact) mass is 250 g/mol. The third kappa shape index (κ3) is 2.56. The molecule has 1 N–H and O–H groups in total. The van der Waals surface area contributed by atoms with Crippen molar-refractivity contribution in [3.05, 3.63) is 21.9 Å². The topological polar surface area (TPSA) is 15.3 Å². The molecular weight excluding hydrogens is 228 g/mol. The standard InChI is InChI=1S/C14H22N2S/c1-10-6-8-17-14(10)11(2)15-12-5-7-16(9-12)13-3-4-13/h6,8,11-13,15H,3-5,7,9H2,1-2H3. The Morgan fingerprint density at radius 1 is 1.41 bits per heavy atom. The Bertz CT molecular complexity index is 383. The summed E-state index contributed by atoms with van der Waals surface area (Å²) in [6.45, 7) is 7.09. The number of aryl methyl sites for hydroxylation is 1. The van der Waals surface area contributed by atoms with Crippen LogP contribution in [0.2, 0.25) is 0 Å². The fraction of sp³-hybridized carbons (Fsp3) is 0.714. The van der Waals surface area contributed by atoms with Gasteiger partial charge < -0.3 is 5.32 Å². The van der Waals surface area contributed by atoms with Gasteiger partial charge in [0.05, 0.1) is 0 Å². The maximum absolute atomic E-state index is 3.80. The molecule has 1 aromatic rings. The molecule has 0 radical (unpaired) electrons. The lowest BCUT2D eigenvalue weighted by Crippen LogP contribution is -2.34. The molecule has 1 saturated heterocycles. The zero-order valence-corrected chi connectivity index (χ0v) is 11.6. The Hall–Kier alpha value is -0.380. The minimum atomic E-state index is 0.513. The molecule has 2 unspecified atom stereocenters. The third-order valence-electron chi connectivity index (χ3n) is 4.06. The smallest absolute Gasteiger partial charge is 0.0391 e. The molecule has 0 spiro atoms. The van der Waals surface area contributed by atoms with Crippen molar-refractivity contribution in [2.75, 3.05) is 13.1 Å². The van der Waals surface area contributed by atoms with E-state index in [1.54, 1.807) is 0 Å². The average Bonchev–Trinajstić information content (AvgIpc) is 2.90. The molecule has 2 aliphatic rings. The molecule has 0 aromatic carbocycles. The van der Waals surface area contributed by atoms with E-state index in [2.05, 4.69) is 35.5 Å². The largest absolute Gasteiger partial charge is 0.305 e. The summed E-state index contributed by atoms with van der Waals surface area (Å²) in [4.78, 5) is 4.18. The van der Waals surface area contributed by atoms with Crippen LogP contribution < -0.4 is 5.32 Å². The lowest BCUT2D eigenvalue weighted by Gasteiger charge is -2.20. The van der Waals surface area contributed by atoms with Crippen molar-refractivity contribution in [2.24, 2.45) is 0 Å². The van der Waals surface area contributed by atoms with Gasteiger partial charge in [-0.25, -0.2) is 0 Å². The van der Waals surface area contributed by atoms with Gasteiger partial charge >= 0.3 is 0 Å². The zero-order valence-electron chi connectivity index (χ0n) is 10.8. The highest BCUT2D eigenvalue weighted by atomic mass is 32.1. The summed E-state index contributed by atoms with van der Waals surface area (Å²) in [5, 5.41) is 6.01. The van der Waals surface area contributed by atoms with Gasteiger partial charge in [-0.2, -0.15) is 0 Å². The van der Waals surface area contributed by atoms with E-state index in [0.29, 0.717) is 12.1 Å². The summed E-state index contributed by atoms with van der Waals surface area (Å²) in [5.41, 5.74) is 1.44. The molecule has 2 atom stereocenters. The van der Waals surface area contributed by atoms with Gasteiger partial charge in [-0.15, -0.1) is 11.3 Å². The predicted molar refractivity (Wildman–Crippen MR) is 73.6 cm³/mol. The van der Waals surface area contributed by atoms with Gasteiger partial charge in [0.2, 0.25) is 0 Å². The van der Waals surface area contributed by atoms with E-state index in [9.17, 15) is 0 Å². The molecule has 1 aliphatic carbocycles. The first-order chi connectivity index (χ1) is 8.24. The number of likely N-dealkylation sites (tertiary alicyclic amines) is 1. The number of hydrogen-bond donors (Lipinski definition) is 1. The number of thiophene rings is 1. The van der Waals surface area contributed by atoms with Crippen LogP contribution in [0.5, 0.6) is 0 Å². The predicted octanol–water partition coefficient (Wildman–Crippen LogP) is 2.94. The second-order valence-electron chi connectivity index (χ2n) is 5.57. The van der Waals surface area contributed by atoms with Crippen LogP contribution >= 0.6 is 11.3 Å². The molecule has 2 heterocycles. The average molecular weight is 250 g/mol. The Morgan fingerprint density at radius 2 is 2.24 bits per heavy atom. The van der Waals surface area contributed by atoms with Gasteiger partial charge in [0.15, 0.2) is 0 Å². The van der Waals surface area contributed by atoms with Crippen LogP contribution in [0.3, 0.4) is 0 Å².